The smallest absolute Gasteiger partial charge is 0.123 e. The normalized spacial score (nSPS) is 12.2. The number of aliphatic hydroxyl groups excluding tert-OH is 1. The molecule has 1 unspecified atom stereocenters. The van der Waals surface area contributed by atoms with E-state index in [0.29, 0.717) is 13.0 Å². The highest BCUT2D eigenvalue weighted by Gasteiger charge is 2.01. The lowest BCUT2D eigenvalue weighted by Gasteiger charge is -2.08. The quantitative estimate of drug-likeness (QED) is 0.893. The zero-order valence-corrected chi connectivity index (χ0v) is 10.8. The van der Waals surface area contributed by atoms with E-state index in [0.717, 1.165) is 16.9 Å². The molecular formula is C16H17FO2. The van der Waals surface area contributed by atoms with Gasteiger partial charge in [0.1, 0.15) is 18.2 Å². The fraction of sp³-hybridized carbons (Fsp3) is 0.250. The second-order valence-corrected chi connectivity index (χ2v) is 4.62. The Labute approximate surface area is 112 Å². The minimum absolute atomic E-state index is 0.256. The lowest BCUT2D eigenvalue weighted by atomic mass is 10.1. The minimum Gasteiger partial charge on any atom is -0.489 e. The molecule has 100 valence electrons. The van der Waals surface area contributed by atoms with E-state index < -0.39 is 0 Å². The zero-order valence-electron chi connectivity index (χ0n) is 10.8. The lowest BCUT2D eigenvalue weighted by Crippen LogP contribution is -2.04. The second kappa shape index (κ2) is 6.34. The Hall–Kier alpha value is -1.87. The standard InChI is InChI=1S/C16H17FO2/c1-12(18)9-13-5-7-16(8-6-13)19-11-14-3-2-4-15(17)10-14/h2-8,10,12,18H,9,11H2,1H3. The minimum atomic E-state index is -0.348. The summed E-state index contributed by atoms with van der Waals surface area (Å²) in [4.78, 5) is 0. The summed E-state index contributed by atoms with van der Waals surface area (Å²) < 4.78 is 18.6. The maximum Gasteiger partial charge on any atom is 0.123 e. The molecular weight excluding hydrogens is 243 g/mol. The van der Waals surface area contributed by atoms with Crippen LogP contribution in [0.4, 0.5) is 4.39 Å². The zero-order chi connectivity index (χ0) is 13.7. The highest BCUT2D eigenvalue weighted by atomic mass is 19.1. The Morgan fingerprint density at radius 1 is 1.11 bits per heavy atom. The molecule has 0 heterocycles. The van der Waals surface area contributed by atoms with Crippen molar-refractivity contribution in [2.24, 2.45) is 0 Å². The first-order valence-electron chi connectivity index (χ1n) is 6.28. The summed E-state index contributed by atoms with van der Waals surface area (Å²) in [5.41, 5.74) is 1.86. The van der Waals surface area contributed by atoms with E-state index in [4.69, 9.17) is 4.74 Å². The van der Waals surface area contributed by atoms with Gasteiger partial charge >= 0.3 is 0 Å². The molecule has 1 N–H and O–H groups in total. The Balaban J connectivity index is 1.93. The molecule has 1 atom stereocenters. The van der Waals surface area contributed by atoms with E-state index in [2.05, 4.69) is 0 Å². The molecule has 3 heteroatoms. The van der Waals surface area contributed by atoms with E-state index in [1.54, 1.807) is 13.0 Å². The van der Waals surface area contributed by atoms with Crippen molar-refractivity contribution in [1.29, 1.82) is 0 Å². The van der Waals surface area contributed by atoms with E-state index >= 15 is 0 Å². The molecule has 0 saturated carbocycles. The van der Waals surface area contributed by atoms with Crippen molar-refractivity contribution in [3.8, 4) is 5.75 Å². The summed E-state index contributed by atoms with van der Waals surface area (Å²) in [6.07, 6.45) is 0.281. The van der Waals surface area contributed by atoms with Crippen molar-refractivity contribution < 1.29 is 14.2 Å². The summed E-state index contributed by atoms with van der Waals surface area (Å²) in [7, 11) is 0. The molecule has 2 rings (SSSR count). The number of hydrogen-bond donors (Lipinski definition) is 1. The molecule has 0 fully saturated rings. The summed E-state index contributed by atoms with van der Waals surface area (Å²) in [5, 5.41) is 9.29. The monoisotopic (exact) mass is 260 g/mol. The average Bonchev–Trinajstić information content (AvgIpc) is 2.37. The molecule has 0 radical (unpaired) electrons. The SMILES string of the molecule is CC(O)Cc1ccc(OCc2cccc(F)c2)cc1. The summed E-state index contributed by atoms with van der Waals surface area (Å²) >= 11 is 0. The maximum atomic E-state index is 13.0. The van der Waals surface area contributed by atoms with E-state index in [-0.39, 0.29) is 11.9 Å². The van der Waals surface area contributed by atoms with Crippen molar-refractivity contribution in [3.63, 3.8) is 0 Å². The van der Waals surface area contributed by atoms with Gasteiger partial charge in [-0.2, -0.15) is 0 Å². The van der Waals surface area contributed by atoms with Crippen LogP contribution in [0.2, 0.25) is 0 Å². The first kappa shape index (κ1) is 13.6. The Kier molecular flexibility index (Phi) is 4.53. The molecule has 0 aliphatic heterocycles. The predicted molar refractivity (Wildman–Crippen MR) is 72.6 cm³/mol. The van der Waals surface area contributed by atoms with Gasteiger partial charge in [-0.15, -0.1) is 0 Å². The van der Waals surface area contributed by atoms with Gasteiger partial charge in [0.25, 0.3) is 0 Å². The van der Waals surface area contributed by atoms with Gasteiger partial charge in [-0.25, -0.2) is 4.39 Å². The molecule has 0 aliphatic rings. The molecule has 2 aromatic carbocycles. The van der Waals surface area contributed by atoms with Gasteiger partial charge in [0, 0.05) is 0 Å². The third-order valence-electron chi connectivity index (χ3n) is 2.75. The Bertz CT molecular complexity index is 521. The summed E-state index contributed by atoms with van der Waals surface area (Å²) in [6, 6.07) is 13.9. The highest BCUT2D eigenvalue weighted by Crippen LogP contribution is 2.15. The topological polar surface area (TPSA) is 29.5 Å². The first-order valence-corrected chi connectivity index (χ1v) is 6.28. The number of aliphatic hydroxyl groups is 1. The number of benzene rings is 2. The van der Waals surface area contributed by atoms with Crippen molar-refractivity contribution in [2.75, 3.05) is 0 Å². The van der Waals surface area contributed by atoms with Crippen molar-refractivity contribution in [2.45, 2.75) is 26.1 Å². The third kappa shape index (κ3) is 4.38. The van der Waals surface area contributed by atoms with Crippen LogP contribution >= 0.6 is 0 Å². The molecule has 0 aromatic heterocycles. The van der Waals surface area contributed by atoms with Crippen LogP contribution in [0, 0.1) is 5.82 Å². The molecule has 0 saturated heterocycles. The molecule has 0 spiro atoms. The average molecular weight is 260 g/mol. The van der Waals surface area contributed by atoms with Gasteiger partial charge in [0.15, 0.2) is 0 Å². The van der Waals surface area contributed by atoms with Gasteiger partial charge < -0.3 is 9.84 Å². The Morgan fingerprint density at radius 3 is 2.47 bits per heavy atom. The first-order chi connectivity index (χ1) is 9.13. The van der Waals surface area contributed by atoms with Gasteiger partial charge in [-0.05, 0) is 48.7 Å². The van der Waals surface area contributed by atoms with Crippen molar-refractivity contribution in [3.05, 3.63) is 65.5 Å². The molecule has 2 nitrogen and oxygen atoms in total. The van der Waals surface area contributed by atoms with E-state index in [1.807, 2.05) is 30.3 Å². The van der Waals surface area contributed by atoms with Gasteiger partial charge in [-0.1, -0.05) is 24.3 Å². The van der Waals surface area contributed by atoms with E-state index in [1.165, 1.54) is 12.1 Å². The highest BCUT2D eigenvalue weighted by molar-refractivity contribution is 5.28. The van der Waals surface area contributed by atoms with E-state index in [9.17, 15) is 9.50 Å². The maximum absolute atomic E-state index is 13.0. The fourth-order valence-electron chi connectivity index (χ4n) is 1.86. The third-order valence-corrected chi connectivity index (χ3v) is 2.75. The van der Waals surface area contributed by atoms with Crippen LogP contribution in [0.3, 0.4) is 0 Å². The molecule has 0 bridgehead atoms. The van der Waals surface area contributed by atoms with Crippen molar-refractivity contribution >= 4 is 0 Å². The number of halogens is 1. The largest absolute Gasteiger partial charge is 0.489 e. The van der Waals surface area contributed by atoms with Crippen molar-refractivity contribution in [1.82, 2.24) is 0 Å². The number of ether oxygens (including phenoxy) is 1. The fourth-order valence-corrected chi connectivity index (χ4v) is 1.86. The molecule has 0 aliphatic carbocycles. The van der Waals surface area contributed by atoms with Crippen LogP contribution in [-0.2, 0) is 13.0 Å². The van der Waals surface area contributed by atoms with Gasteiger partial charge in [-0.3, -0.25) is 0 Å². The van der Waals surface area contributed by atoms with Crippen LogP contribution in [-0.4, -0.2) is 11.2 Å². The van der Waals surface area contributed by atoms with Crippen LogP contribution in [0.25, 0.3) is 0 Å². The summed E-state index contributed by atoms with van der Waals surface area (Å²) in [5.74, 6) is 0.479. The lowest BCUT2D eigenvalue weighted by molar-refractivity contribution is 0.195. The van der Waals surface area contributed by atoms with Crippen LogP contribution in [0.1, 0.15) is 18.1 Å². The molecule has 0 amide bonds. The van der Waals surface area contributed by atoms with Gasteiger partial charge in [0.05, 0.1) is 6.10 Å². The molecule has 2 aromatic rings. The van der Waals surface area contributed by atoms with Gasteiger partial charge in [0.2, 0.25) is 0 Å². The summed E-state index contributed by atoms with van der Waals surface area (Å²) in [6.45, 7) is 2.10. The number of rotatable bonds is 5. The van der Waals surface area contributed by atoms with Crippen LogP contribution in [0.5, 0.6) is 5.75 Å². The van der Waals surface area contributed by atoms with Crippen LogP contribution in [0.15, 0.2) is 48.5 Å². The number of hydrogen-bond acceptors (Lipinski definition) is 2. The Morgan fingerprint density at radius 2 is 1.84 bits per heavy atom. The second-order valence-electron chi connectivity index (χ2n) is 4.62. The van der Waals surface area contributed by atoms with Crippen LogP contribution < -0.4 is 4.74 Å². The predicted octanol–water partition coefficient (Wildman–Crippen LogP) is 3.33. The molecule has 19 heavy (non-hydrogen) atoms.